The largest absolute Gasteiger partial charge is 0.416 e. The molecule has 0 atom stereocenters. The van der Waals surface area contributed by atoms with Crippen molar-refractivity contribution in [3.8, 4) is 0 Å². The molecule has 110 valence electrons. The van der Waals surface area contributed by atoms with Gasteiger partial charge >= 0.3 is 6.18 Å². The summed E-state index contributed by atoms with van der Waals surface area (Å²) < 4.78 is 61.0. The Hall–Kier alpha value is -1.61. The summed E-state index contributed by atoms with van der Waals surface area (Å²) in [7, 11) is -4.23. The lowest BCUT2D eigenvalue weighted by Crippen LogP contribution is -2.42. The van der Waals surface area contributed by atoms with Gasteiger partial charge in [-0.3, -0.25) is 10.2 Å². The lowest BCUT2D eigenvalue weighted by atomic mass is 10.2. The lowest BCUT2D eigenvalue weighted by molar-refractivity contribution is -0.137. The molecule has 1 aliphatic rings. The van der Waals surface area contributed by atoms with Gasteiger partial charge in [-0.05, 0) is 31.0 Å². The highest BCUT2D eigenvalue weighted by atomic mass is 32.2. The van der Waals surface area contributed by atoms with Gasteiger partial charge in [-0.25, -0.2) is 8.42 Å². The first-order valence-electron chi connectivity index (χ1n) is 5.69. The summed E-state index contributed by atoms with van der Waals surface area (Å²) >= 11 is 0. The van der Waals surface area contributed by atoms with E-state index in [9.17, 15) is 26.4 Å². The van der Waals surface area contributed by atoms with Crippen molar-refractivity contribution in [3.63, 3.8) is 0 Å². The Morgan fingerprint density at radius 1 is 1.25 bits per heavy atom. The van der Waals surface area contributed by atoms with Gasteiger partial charge < -0.3 is 0 Å². The number of hydrazine groups is 1. The molecule has 0 saturated heterocycles. The van der Waals surface area contributed by atoms with Crippen molar-refractivity contribution in [1.29, 1.82) is 0 Å². The van der Waals surface area contributed by atoms with E-state index in [4.69, 9.17) is 0 Å². The number of hydrogen-bond acceptors (Lipinski definition) is 3. The second-order valence-corrected chi connectivity index (χ2v) is 6.08. The normalized spacial score (nSPS) is 15.9. The van der Waals surface area contributed by atoms with Crippen LogP contribution in [-0.2, 0) is 21.0 Å². The number of carbonyl (C=O) groups excluding carboxylic acids is 1. The molecule has 1 aromatic carbocycles. The summed E-state index contributed by atoms with van der Waals surface area (Å²) in [4.78, 5) is 12.5. The quantitative estimate of drug-likeness (QED) is 0.826. The molecule has 0 unspecified atom stereocenters. The summed E-state index contributed by atoms with van der Waals surface area (Å²) in [5, 5.41) is 0. The van der Waals surface area contributed by atoms with Crippen LogP contribution in [0.5, 0.6) is 0 Å². The third-order valence-electron chi connectivity index (χ3n) is 2.73. The van der Waals surface area contributed by atoms with Gasteiger partial charge in [0.2, 0.25) is 5.91 Å². The maximum atomic E-state index is 12.5. The van der Waals surface area contributed by atoms with E-state index >= 15 is 0 Å². The van der Waals surface area contributed by atoms with E-state index in [0.29, 0.717) is 18.9 Å². The van der Waals surface area contributed by atoms with E-state index in [1.165, 1.54) is 0 Å². The van der Waals surface area contributed by atoms with Gasteiger partial charge in [0.05, 0.1) is 10.5 Å². The van der Waals surface area contributed by atoms with Crippen LogP contribution in [-0.4, -0.2) is 14.3 Å². The Labute approximate surface area is 113 Å². The second-order valence-electron chi connectivity index (χ2n) is 4.39. The van der Waals surface area contributed by atoms with Crippen LogP contribution < -0.4 is 10.3 Å². The van der Waals surface area contributed by atoms with Gasteiger partial charge in [0.15, 0.2) is 0 Å². The number of nitrogens with one attached hydrogen (secondary N) is 2. The molecule has 0 bridgehead atoms. The first-order valence-corrected chi connectivity index (χ1v) is 7.17. The maximum Gasteiger partial charge on any atom is 0.416 e. The SMILES string of the molecule is O=C(NNS(=O)(=O)c1cccc(C(F)(F)F)c1)C1CC1. The zero-order valence-electron chi connectivity index (χ0n) is 10.1. The molecule has 1 amide bonds. The molecular formula is C11H11F3N2O3S. The van der Waals surface area contributed by atoms with E-state index in [1.54, 1.807) is 4.83 Å². The molecule has 2 N–H and O–H groups in total. The Bertz CT molecular complexity index is 624. The number of benzene rings is 1. The number of hydrogen-bond donors (Lipinski definition) is 2. The number of rotatable bonds is 4. The van der Waals surface area contributed by atoms with Crippen LogP contribution >= 0.6 is 0 Å². The highest BCUT2D eigenvalue weighted by Gasteiger charge is 2.33. The fraction of sp³-hybridized carbons (Fsp3) is 0.364. The summed E-state index contributed by atoms with van der Waals surface area (Å²) in [6.45, 7) is 0. The Kier molecular flexibility index (Phi) is 3.74. The van der Waals surface area contributed by atoms with Gasteiger partial charge in [0.25, 0.3) is 10.0 Å². The molecule has 1 aliphatic carbocycles. The van der Waals surface area contributed by atoms with Gasteiger partial charge in [-0.15, -0.1) is 4.83 Å². The summed E-state index contributed by atoms with van der Waals surface area (Å²) in [5.41, 5.74) is 0.908. The molecule has 0 aromatic heterocycles. The molecule has 20 heavy (non-hydrogen) atoms. The second kappa shape index (κ2) is 5.06. The third-order valence-corrected chi connectivity index (χ3v) is 3.97. The molecule has 1 aromatic rings. The van der Waals surface area contributed by atoms with Gasteiger partial charge in [-0.2, -0.15) is 13.2 Å². The standard InChI is InChI=1S/C11H11F3N2O3S/c12-11(13,14)8-2-1-3-9(6-8)20(18,19)16-15-10(17)7-4-5-7/h1-3,6-7,16H,4-5H2,(H,15,17). The number of alkyl halides is 3. The van der Waals surface area contributed by atoms with Crippen LogP contribution in [0.1, 0.15) is 18.4 Å². The van der Waals surface area contributed by atoms with Crippen LogP contribution in [0, 0.1) is 5.92 Å². The van der Waals surface area contributed by atoms with E-state index in [1.807, 2.05) is 5.43 Å². The molecular weight excluding hydrogens is 297 g/mol. The van der Waals surface area contributed by atoms with E-state index < -0.39 is 32.6 Å². The fourth-order valence-electron chi connectivity index (χ4n) is 1.46. The molecule has 0 radical (unpaired) electrons. The van der Waals surface area contributed by atoms with Gasteiger partial charge in [0, 0.05) is 5.92 Å². The topological polar surface area (TPSA) is 75.3 Å². The molecule has 9 heteroatoms. The van der Waals surface area contributed by atoms with E-state index in [2.05, 4.69) is 0 Å². The highest BCUT2D eigenvalue weighted by molar-refractivity contribution is 7.89. The number of halogens is 3. The predicted octanol–water partition coefficient (Wildman–Crippen LogP) is 1.42. The van der Waals surface area contributed by atoms with E-state index in [-0.39, 0.29) is 5.92 Å². The van der Waals surface area contributed by atoms with Crippen molar-refractivity contribution in [2.24, 2.45) is 5.92 Å². The monoisotopic (exact) mass is 308 g/mol. The number of amides is 1. The highest BCUT2D eigenvalue weighted by Crippen LogP contribution is 2.30. The van der Waals surface area contributed by atoms with Crippen LogP contribution in [0.15, 0.2) is 29.2 Å². The fourth-order valence-corrected chi connectivity index (χ4v) is 2.36. The summed E-state index contributed by atoms with van der Waals surface area (Å²) in [6, 6.07) is 3.27. The van der Waals surface area contributed by atoms with Crippen molar-refractivity contribution in [2.75, 3.05) is 0 Å². The predicted molar refractivity (Wildman–Crippen MR) is 62.6 cm³/mol. The molecule has 0 spiro atoms. The van der Waals surface area contributed by atoms with Crippen LogP contribution in [0.25, 0.3) is 0 Å². The van der Waals surface area contributed by atoms with Crippen LogP contribution in [0.4, 0.5) is 13.2 Å². The van der Waals surface area contributed by atoms with Crippen molar-refractivity contribution in [3.05, 3.63) is 29.8 Å². The summed E-state index contributed by atoms with van der Waals surface area (Å²) in [6.07, 6.45) is -3.28. The smallest absolute Gasteiger partial charge is 0.277 e. The summed E-state index contributed by atoms with van der Waals surface area (Å²) in [5.74, 6) is -0.709. The minimum absolute atomic E-state index is 0.223. The third kappa shape index (κ3) is 3.48. The van der Waals surface area contributed by atoms with Crippen LogP contribution in [0.2, 0.25) is 0 Å². The minimum atomic E-state index is -4.64. The molecule has 0 heterocycles. The zero-order chi connectivity index (χ0) is 15.0. The minimum Gasteiger partial charge on any atom is -0.277 e. The van der Waals surface area contributed by atoms with Crippen LogP contribution in [0.3, 0.4) is 0 Å². The van der Waals surface area contributed by atoms with Crippen molar-refractivity contribution < 1.29 is 26.4 Å². The number of sulfonamides is 1. The molecule has 1 fully saturated rings. The average Bonchev–Trinajstić information content (AvgIpc) is 3.19. The van der Waals surface area contributed by atoms with Crippen molar-refractivity contribution in [2.45, 2.75) is 23.9 Å². The van der Waals surface area contributed by atoms with E-state index in [0.717, 1.165) is 18.2 Å². The maximum absolute atomic E-state index is 12.5. The average molecular weight is 308 g/mol. The first-order chi connectivity index (χ1) is 9.20. The Morgan fingerprint density at radius 3 is 2.45 bits per heavy atom. The Morgan fingerprint density at radius 2 is 1.90 bits per heavy atom. The molecule has 5 nitrogen and oxygen atoms in total. The van der Waals surface area contributed by atoms with Crippen molar-refractivity contribution >= 4 is 15.9 Å². The van der Waals surface area contributed by atoms with Crippen molar-refractivity contribution in [1.82, 2.24) is 10.3 Å². The molecule has 1 saturated carbocycles. The molecule has 2 rings (SSSR count). The first kappa shape index (κ1) is 14.8. The zero-order valence-corrected chi connectivity index (χ0v) is 10.9. The molecule has 0 aliphatic heterocycles. The number of carbonyl (C=O) groups is 1. The van der Waals surface area contributed by atoms with Gasteiger partial charge in [0.1, 0.15) is 0 Å². The van der Waals surface area contributed by atoms with Gasteiger partial charge in [-0.1, -0.05) is 6.07 Å². The lowest BCUT2D eigenvalue weighted by Gasteiger charge is -2.10. The Balaban J connectivity index is 2.14.